The summed E-state index contributed by atoms with van der Waals surface area (Å²) < 4.78 is 12.2. The molecule has 0 spiro atoms. The fourth-order valence-corrected chi connectivity index (χ4v) is 2.37. The topological polar surface area (TPSA) is 66.0 Å². The molecular weight excluding hydrogens is 356 g/mol. The molecule has 2 rings (SSSR count). The Morgan fingerprint density at radius 1 is 1.13 bits per heavy atom. The van der Waals surface area contributed by atoms with Crippen molar-refractivity contribution in [2.45, 2.75) is 6.61 Å². The molecule has 0 aliphatic rings. The van der Waals surface area contributed by atoms with Crippen LogP contribution >= 0.6 is 15.9 Å². The van der Waals surface area contributed by atoms with E-state index in [-0.39, 0.29) is 5.57 Å². The molecule has 0 fully saturated rings. The van der Waals surface area contributed by atoms with Crippen molar-refractivity contribution in [3.63, 3.8) is 0 Å². The maximum absolute atomic E-state index is 8.93. The van der Waals surface area contributed by atoms with Crippen LogP contribution in [0, 0.1) is 22.7 Å². The molecule has 4 nitrogen and oxygen atoms in total. The number of para-hydroxylation sites is 1. The van der Waals surface area contributed by atoms with E-state index in [2.05, 4.69) is 15.9 Å². The van der Waals surface area contributed by atoms with Gasteiger partial charge >= 0.3 is 0 Å². The molecule has 114 valence electrons. The maximum atomic E-state index is 8.93. The fourth-order valence-electron chi connectivity index (χ4n) is 1.97. The van der Waals surface area contributed by atoms with Crippen molar-refractivity contribution < 1.29 is 9.47 Å². The molecule has 0 saturated carbocycles. The van der Waals surface area contributed by atoms with Gasteiger partial charge in [-0.25, -0.2) is 0 Å². The zero-order valence-electron chi connectivity index (χ0n) is 12.4. The van der Waals surface area contributed by atoms with Crippen LogP contribution in [0.25, 0.3) is 6.08 Å². The summed E-state index contributed by atoms with van der Waals surface area (Å²) in [4.78, 5) is 0. The Balaban J connectivity index is 2.37. The van der Waals surface area contributed by atoms with Gasteiger partial charge in [-0.15, -0.1) is 0 Å². The molecule has 0 atom stereocenters. The lowest BCUT2D eigenvalue weighted by Crippen LogP contribution is -2.00. The van der Waals surface area contributed by atoms with Gasteiger partial charge in [0, 0.05) is 15.6 Å². The third kappa shape index (κ3) is 4.12. The first-order valence-electron chi connectivity index (χ1n) is 6.74. The summed E-state index contributed by atoms with van der Waals surface area (Å²) in [6.45, 7) is 0.330. The number of rotatable bonds is 5. The number of allylic oxidation sites excluding steroid dienone is 1. The van der Waals surface area contributed by atoms with Gasteiger partial charge in [0.2, 0.25) is 0 Å². The predicted octanol–water partition coefficient (Wildman–Crippen LogP) is 4.47. The van der Waals surface area contributed by atoms with Crippen LogP contribution in [0.2, 0.25) is 0 Å². The highest BCUT2D eigenvalue weighted by molar-refractivity contribution is 9.10. The number of methoxy groups -OCH3 is 1. The highest BCUT2D eigenvalue weighted by Crippen LogP contribution is 2.33. The van der Waals surface area contributed by atoms with Crippen LogP contribution in [0.5, 0.6) is 11.5 Å². The van der Waals surface area contributed by atoms with E-state index in [1.54, 1.807) is 25.3 Å². The minimum Gasteiger partial charge on any atom is -0.493 e. The minimum atomic E-state index is 0.00370. The first-order valence-corrected chi connectivity index (χ1v) is 7.54. The first-order chi connectivity index (χ1) is 11.2. The van der Waals surface area contributed by atoms with Gasteiger partial charge in [-0.3, -0.25) is 0 Å². The monoisotopic (exact) mass is 368 g/mol. The Labute approximate surface area is 143 Å². The highest BCUT2D eigenvalue weighted by Gasteiger charge is 2.11. The number of nitrogens with zero attached hydrogens (tertiary/aromatic N) is 2. The predicted molar refractivity (Wildman–Crippen MR) is 90.7 cm³/mol. The average Bonchev–Trinajstić information content (AvgIpc) is 2.59. The summed E-state index contributed by atoms with van der Waals surface area (Å²) in [6, 6.07) is 16.7. The normalized spacial score (nSPS) is 9.39. The average molecular weight is 369 g/mol. The Bertz CT molecular complexity index is 801. The molecule has 0 saturated heterocycles. The Morgan fingerprint density at radius 3 is 2.52 bits per heavy atom. The smallest absolute Gasteiger partial charge is 0.168 e. The summed E-state index contributed by atoms with van der Waals surface area (Å²) in [6.07, 6.45) is 1.48. The van der Waals surface area contributed by atoms with Crippen molar-refractivity contribution in [2.24, 2.45) is 0 Å². The highest BCUT2D eigenvalue weighted by atomic mass is 79.9. The molecule has 0 bridgehead atoms. The van der Waals surface area contributed by atoms with E-state index < -0.39 is 0 Å². The molecule has 23 heavy (non-hydrogen) atoms. The number of benzene rings is 2. The van der Waals surface area contributed by atoms with E-state index in [1.807, 2.05) is 36.4 Å². The van der Waals surface area contributed by atoms with Gasteiger partial charge in [-0.05, 0) is 18.2 Å². The lowest BCUT2D eigenvalue weighted by Gasteiger charge is -2.14. The zero-order chi connectivity index (χ0) is 16.7. The molecule has 0 aromatic heterocycles. The van der Waals surface area contributed by atoms with Crippen molar-refractivity contribution in [1.82, 2.24) is 0 Å². The Morgan fingerprint density at radius 2 is 1.87 bits per heavy atom. The standard InChI is InChI=1S/C18H13BrN2O2/c1-22-17-8-4-6-14(9-13(10-20)11-21)18(17)23-12-15-5-2-3-7-16(15)19/h2-9H,12H2,1H3. The maximum Gasteiger partial charge on any atom is 0.168 e. The van der Waals surface area contributed by atoms with Crippen LogP contribution < -0.4 is 9.47 Å². The number of hydrogen-bond acceptors (Lipinski definition) is 4. The molecule has 0 aliphatic carbocycles. The molecule has 0 N–H and O–H groups in total. The molecule has 2 aromatic rings. The van der Waals surface area contributed by atoms with E-state index in [9.17, 15) is 0 Å². The number of ether oxygens (including phenoxy) is 2. The lowest BCUT2D eigenvalue weighted by molar-refractivity contribution is 0.283. The largest absolute Gasteiger partial charge is 0.493 e. The van der Waals surface area contributed by atoms with Crippen molar-refractivity contribution in [2.75, 3.05) is 7.11 Å². The van der Waals surface area contributed by atoms with Crippen LogP contribution in [0.4, 0.5) is 0 Å². The van der Waals surface area contributed by atoms with Crippen LogP contribution in [-0.2, 0) is 6.61 Å². The molecule has 0 radical (unpaired) electrons. The van der Waals surface area contributed by atoms with Crippen molar-refractivity contribution in [3.05, 3.63) is 63.6 Å². The van der Waals surface area contributed by atoms with Gasteiger partial charge < -0.3 is 9.47 Å². The summed E-state index contributed by atoms with van der Waals surface area (Å²) in [5, 5.41) is 17.9. The second-order valence-electron chi connectivity index (χ2n) is 4.54. The molecule has 0 aliphatic heterocycles. The number of nitriles is 2. The van der Waals surface area contributed by atoms with Gasteiger partial charge in [0.25, 0.3) is 0 Å². The number of halogens is 1. The van der Waals surface area contributed by atoms with Gasteiger partial charge in [-0.1, -0.05) is 46.3 Å². The van der Waals surface area contributed by atoms with Crippen molar-refractivity contribution in [3.8, 4) is 23.6 Å². The SMILES string of the molecule is COc1cccc(C=C(C#N)C#N)c1OCc1ccccc1Br. The molecule has 0 heterocycles. The van der Waals surface area contributed by atoms with Crippen molar-refractivity contribution in [1.29, 1.82) is 10.5 Å². The summed E-state index contributed by atoms with van der Waals surface area (Å²) in [5.74, 6) is 1.04. The Hall–Kier alpha value is -2.76. The fraction of sp³-hybridized carbons (Fsp3) is 0.111. The minimum absolute atomic E-state index is 0.00370. The summed E-state index contributed by atoms with van der Waals surface area (Å²) in [7, 11) is 1.55. The molecule has 0 unspecified atom stereocenters. The molecular formula is C18H13BrN2O2. The van der Waals surface area contributed by atoms with E-state index in [0.29, 0.717) is 23.7 Å². The van der Waals surface area contributed by atoms with Crippen LogP contribution in [0.1, 0.15) is 11.1 Å². The van der Waals surface area contributed by atoms with Gasteiger partial charge in [0.15, 0.2) is 11.5 Å². The Kier molecular flexibility index (Phi) is 5.80. The third-order valence-corrected chi connectivity index (χ3v) is 3.87. The van der Waals surface area contributed by atoms with Gasteiger partial charge in [0.05, 0.1) is 7.11 Å². The summed E-state index contributed by atoms with van der Waals surface area (Å²) >= 11 is 3.48. The second kappa shape index (κ2) is 8.03. The molecule has 2 aromatic carbocycles. The number of hydrogen-bond donors (Lipinski definition) is 0. The van der Waals surface area contributed by atoms with E-state index in [0.717, 1.165) is 10.0 Å². The van der Waals surface area contributed by atoms with Crippen molar-refractivity contribution >= 4 is 22.0 Å². The van der Waals surface area contributed by atoms with E-state index in [1.165, 1.54) is 6.08 Å². The van der Waals surface area contributed by atoms with E-state index in [4.69, 9.17) is 20.0 Å². The van der Waals surface area contributed by atoms with Gasteiger partial charge in [0.1, 0.15) is 24.3 Å². The van der Waals surface area contributed by atoms with Crippen LogP contribution in [-0.4, -0.2) is 7.11 Å². The quantitative estimate of drug-likeness (QED) is 0.730. The molecule has 5 heteroatoms. The third-order valence-electron chi connectivity index (χ3n) is 3.10. The van der Waals surface area contributed by atoms with Gasteiger partial charge in [-0.2, -0.15) is 10.5 Å². The van der Waals surface area contributed by atoms with E-state index >= 15 is 0 Å². The summed E-state index contributed by atoms with van der Waals surface area (Å²) in [5.41, 5.74) is 1.60. The molecule has 0 amide bonds. The van der Waals surface area contributed by atoms with Crippen LogP contribution in [0.15, 0.2) is 52.5 Å². The lowest BCUT2D eigenvalue weighted by atomic mass is 10.1. The first kappa shape index (κ1) is 16.6. The van der Waals surface area contributed by atoms with Crippen LogP contribution in [0.3, 0.4) is 0 Å². The zero-order valence-corrected chi connectivity index (χ0v) is 14.0. The second-order valence-corrected chi connectivity index (χ2v) is 5.39.